The molecule has 1 aliphatic carbocycles. The highest BCUT2D eigenvalue weighted by molar-refractivity contribution is 5.66. The average Bonchev–Trinajstić information content (AvgIpc) is 3.04. The van der Waals surface area contributed by atoms with Crippen molar-refractivity contribution in [2.75, 3.05) is 0 Å². The third-order valence-corrected chi connectivity index (χ3v) is 4.90. The third kappa shape index (κ3) is 2.89. The molecule has 3 aromatic rings. The van der Waals surface area contributed by atoms with Gasteiger partial charge in [-0.25, -0.2) is 9.07 Å². The second-order valence-corrected chi connectivity index (χ2v) is 6.63. The van der Waals surface area contributed by atoms with Gasteiger partial charge in [-0.15, -0.1) is 0 Å². The van der Waals surface area contributed by atoms with E-state index in [1.165, 1.54) is 12.1 Å². The molecular formula is C21H19FN4. The Kier molecular flexibility index (Phi) is 4.27. The highest BCUT2D eigenvalue weighted by Crippen LogP contribution is 2.37. The lowest BCUT2D eigenvalue weighted by Crippen LogP contribution is -2.18. The van der Waals surface area contributed by atoms with E-state index in [0.717, 1.165) is 53.0 Å². The molecule has 0 aliphatic heterocycles. The number of halogens is 1. The van der Waals surface area contributed by atoms with Gasteiger partial charge in [-0.3, -0.25) is 0 Å². The Morgan fingerprint density at radius 3 is 2.58 bits per heavy atom. The molecule has 130 valence electrons. The lowest BCUT2D eigenvalue weighted by atomic mass is 9.89. The molecule has 0 saturated carbocycles. The number of fused-ring (bicyclic) bond motifs is 1. The van der Waals surface area contributed by atoms with Gasteiger partial charge in [0, 0.05) is 22.9 Å². The van der Waals surface area contributed by atoms with Gasteiger partial charge in [0.2, 0.25) is 0 Å². The average molecular weight is 346 g/mol. The van der Waals surface area contributed by atoms with E-state index in [9.17, 15) is 4.39 Å². The lowest BCUT2D eigenvalue weighted by molar-refractivity contribution is 0.558. The van der Waals surface area contributed by atoms with Crippen LogP contribution in [-0.2, 0) is 12.8 Å². The second-order valence-electron chi connectivity index (χ2n) is 6.63. The van der Waals surface area contributed by atoms with Crippen LogP contribution in [-0.4, -0.2) is 9.78 Å². The van der Waals surface area contributed by atoms with E-state index in [1.54, 1.807) is 12.1 Å². The maximum Gasteiger partial charge on any atom is 0.123 e. The van der Waals surface area contributed by atoms with Crippen LogP contribution in [0.25, 0.3) is 16.9 Å². The summed E-state index contributed by atoms with van der Waals surface area (Å²) in [5.74, 6) is -0.264. The molecule has 1 unspecified atom stereocenters. The Hall–Kier alpha value is -2.97. The highest BCUT2D eigenvalue weighted by Gasteiger charge is 2.27. The number of aromatic nitrogens is 2. The van der Waals surface area contributed by atoms with Gasteiger partial charge in [-0.2, -0.15) is 10.4 Å². The Morgan fingerprint density at radius 1 is 1.15 bits per heavy atom. The van der Waals surface area contributed by atoms with Gasteiger partial charge in [0.1, 0.15) is 5.82 Å². The van der Waals surface area contributed by atoms with Crippen LogP contribution in [0, 0.1) is 17.1 Å². The summed E-state index contributed by atoms with van der Waals surface area (Å²) >= 11 is 0. The fraction of sp³-hybridized carbons (Fsp3) is 0.238. The van der Waals surface area contributed by atoms with Crippen LogP contribution in [0.15, 0.2) is 48.5 Å². The van der Waals surface area contributed by atoms with Crippen molar-refractivity contribution in [3.05, 3.63) is 71.2 Å². The van der Waals surface area contributed by atoms with Gasteiger partial charge in [-0.05, 0) is 61.2 Å². The standard InChI is InChI=1S/C21H19FN4/c22-16-8-6-15(7-9-16)21-20-18(24)2-1-3-19(20)26(25-21)17-10-4-14(5-11-17)12-13-23/h4-11,18H,1-3,12,24H2. The van der Waals surface area contributed by atoms with Gasteiger partial charge >= 0.3 is 0 Å². The summed E-state index contributed by atoms with van der Waals surface area (Å²) in [6.45, 7) is 0. The highest BCUT2D eigenvalue weighted by atomic mass is 19.1. The maximum atomic E-state index is 13.3. The number of nitrogens with two attached hydrogens (primary N) is 1. The van der Waals surface area contributed by atoms with Crippen LogP contribution in [0.4, 0.5) is 4.39 Å². The van der Waals surface area contributed by atoms with E-state index in [-0.39, 0.29) is 11.9 Å². The monoisotopic (exact) mass is 346 g/mol. The molecule has 0 radical (unpaired) electrons. The molecule has 26 heavy (non-hydrogen) atoms. The second kappa shape index (κ2) is 6.74. The zero-order valence-corrected chi connectivity index (χ0v) is 14.3. The van der Waals surface area contributed by atoms with E-state index < -0.39 is 0 Å². The Balaban J connectivity index is 1.84. The fourth-order valence-electron chi connectivity index (χ4n) is 3.61. The van der Waals surface area contributed by atoms with Crippen molar-refractivity contribution < 1.29 is 4.39 Å². The number of benzene rings is 2. The minimum absolute atomic E-state index is 0.0644. The maximum absolute atomic E-state index is 13.3. The van der Waals surface area contributed by atoms with E-state index in [2.05, 4.69) is 6.07 Å². The van der Waals surface area contributed by atoms with Crippen LogP contribution in [0.5, 0.6) is 0 Å². The van der Waals surface area contributed by atoms with Crippen molar-refractivity contribution in [3.8, 4) is 23.0 Å². The van der Waals surface area contributed by atoms with Crippen molar-refractivity contribution >= 4 is 0 Å². The summed E-state index contributed by atoms with van der Waals surface area (Å²) in [7, 11) is 0. The van der Waals surface area contributed by atoms with Crippen molar-refractivity contribution in [2.45, 2.75) is 31.7 Å². The molecular weight excluding hydrogens is 327 g/mol. The summed E-state index contributed by atoms with van der Waals surface area (Å²) in [6, 6.07) is 16.4. The largest absolute Gasteiger partial charge is 0.324 e. The molecule has 1 heterocycles. The number of rotatable bonds is 3. The quantitative estimate of drug-likeness (QED) is 0.777. The first-order chi connectivity index (χ1) is 12.7. The molecule has 5 heteroatoms. The zero-order valence-electron chi connectivity index (χ0n) is 14.3. The topological polar surface area (TPSA) is 67.6 Å². The third-order valence-electron chi connectivity index (χ3n) is 4.90. The number of nitriles is 1. The molecule has 1 aromatic heterocycles. The van der Waals surface area contributed by atoms with Gasteiger partial charge in [0.15, 0.2) is 0 Å². The van der Waals surface area contributed by atoms with Gasteiger partial charge < -0.3 is 5.73 Å². The Bertz CT molecular complexity index is 965. The van der Waals surface area contributed by atoms with E-state index in [4.69, 9.17) is 16.1 Å². The summed E-state index contributed by atoms with van der Waals surface area (Å²) in [5, 5.41) is 13.7. The molecule has 4 nitrogen and oxygen atoms in total. The summed E-state index contributed by atoms with van der Waals surface area (Å²) < 4.78 is 15.3. The van der Waals surface area contributed by atoms with Crippen molar-refractivity contribution in [3.63, 3.8) is 0 Å². The molecule has 0 spiro atoms. The molecule has 0 amide bonds. The Morgan fingerprint density at radius 2 is 1.88 bits per heavy atom. The van der Waals surface area contributed by atoms with Gasteiger partial charge in [0.25, 0.3) is 0 Å². The first-order valence-corrected chi connectivity index (χ1v) is 8.77. The smallest absolute Gasteiger partial charge is 0.123 e. The first kappa shape index (κ1) is 16.5. The minimum Gasteiger partial charge on any atom is -0.324 e. The molecule has 1 atom stereocenters. The van der Waals surface area contributed by atoms with E-state index in [0.29, 0.717) is 6.42 Å². The molecule has 2 aromatic carbocycles. The fourth-order valence-corrected chi connectivity index (χ4v) is 3.61. The summed E-state index contributed by atoms with van der Waals surface area (Å²) in [6.07, 6.45) is 3.25. The normalized spacial score (nSPS) is 16.1. The molecule has 1 aliphatic rings. The summed E-state index contributed by atoms with van der Waals surface area (Å²) in [5.41, 5.74) is 12.2. The van der Waals surface area contributed by atoms with Gasteiger partial charge in [0.05, 0.1) is 23.9 Å². The van der Waals surface area contributed by atoms with Crippen molar-refractivity contribution in [2.24, 2.45) is 5.73 Å². The number of hydrogen-bond donors (Lipinski definition) is 1. The number of hydrogen-bond acceptors (Lipinski definition) is 3. The SMILES string of the molecule is N#CCc1ccc(-n2nc(-c3ccc(F)cc3)c3c2CCCC3N)cc1. The molecule has 4 rings (SSSR count). The van der Waals surface area contributed by atoms with Crippen molar-refractivity contribution in [1.29, 1.82) is 5.26 Å². The molecule has 0 fully saturated rings. The molecule has 0 saturated heterocycles. The van der Waals surface area contributed by atoms with Crippen LogP contribution < -0.4 is 5.73 Å². The van der Waals surface area contributed by atoms with Crippen LogP contribution >= 0.6 is 0 Å². The molecule has 2 N–H and O–H groups in total. The van der Waals surface area contributed by atoms with Crippen LogP contribution in [0.2, 0.25) is 0 Å². The zero-order chi connectivity index (χ0) is 18.1. The Labute approximate surface area is 151 Å². The van der Waals surface area contributed by atoms with Crippen LogP contribution in [0.3, 0.4) is 0 Å². The minimum atomic E-state index is -0.264. The van der Waals surface area contributed by atoms with Crippen LogP contribution in [0.1, 0.15) is 35.7 Å². The van der Waals surface area contributed by atoms with E-state index >= 15 is 0 Å². The first-order valence-electron chi connectivity index (χ1n) is 8.77. The van der Waals surface area contributed by atoms with Crippen molar-refractivity contribution in [1.82, 2.24) is 9.78 Å². The van der Waals surface area contributed by atoms with E-state index in [1.807, 2.05) is 28.9 Å². The summed E-state index contributed by atoms with van der Waals surface area (Å²) in [4.78, 5) is 0. The number of nitrogens with zero attached hydrogens (tertiary/aromatic N) is 3. The predicted molar refractivity (Wildman–Crippen MR) is 98.1 cm³/mol. The van der Waals surface area contributed by atoms with Gasteiger partial charge in [-0.1, -0.05) is 12.1 Å². The lowest BCUT2D eigenvalue weighted by Gasteiger charge is -2.20. The molecule has 0 bridgehead atoms. The predicted octanol–water partition coefficient (Wildman–Crippen LogP) is 4.08.